The minimum atomic E-state index is -1.17. The van der Waals surface area contributed by atoms with Crippen LogP contribution in [0.4, 0.5) is 0 Å². The van der Waals surface area contributed by atoms with Crippen molar-refractivity contribution in [3.63, 3.8) is 0 Å². The van der Waals surface area contributed by atoms with Gasteiger partial charge in [0.1, 0.15) is 18.1 Å². The Kier molecular flexibility index (Phi) is 7.56. The van der Waals surface area contributed by atoms with Crippen LogP contribution in [0, 0.1) is 12.8 Å². The van der Waals surface area contributed by atoms with Gasteiger partial charge in [-0.05, 0) is 61.6 Å². The Balaban J connectivity index is 1.59. The molecule has 8 heteroatoms. The van der Waals surface area contributed by atoms with E-state index in [2.05, 4.69) is 48.2 Å². The average molecular weight is 456 g/mol. The number of aromatic hydroxyl groups is 1. The molecule has 1 aliphatic carbocycles. The summed E-state index contributed by atoms with van der Waals surface area (Å²) in [5.41, 5.74) is 1.44. The van der Waals surface area contributed by atoms with Crippen LogP contribution in [0.25, 0.3) is 0 Å². The molecule has 1 amide bonds. The number of amides is 1. The number of hydrogen-bond acceptors (Lipinski definition) is 6. The van der Waals surface area contributed by atoms with E-state index in [0.717, 1.165) is 31.4 Å². The summed E-state index contributed by atoms with van der Waals surface area (Å²) in [6, 6.07) is 8.29. The predicted octanol–water partition coefficient (Wildman–Crippen LogP) is 3.78. The number of carboxylic acid groups (broad SMARTS) is 1. The molecule has 0 aliphatic heterocycles. The molecule has 0 spiro atoms. The summed E-state index contributed by atoms with van der Waals surface area (Å²) in [5, 5.41) is 21.1. The second kappa shape index (κ2) is 10.2. The van der Waals surface area contributed by atoms with E-state index in [4.69, 9.17) is 9.84 Å². The first-order chi connectivity index (χ1) is 15.5. The molecule has 3 rings (SSSR count). The first-order valence-electron chi connectivity index (χ1n) is 11.4. The molecular weight excluding hydrogens is 422 g/mol. The normalized spacial score (nSPS) is 18.5. The van der Waals surface area contributed by atoms with Crippen LogP contribution in [-0.4, -0.2) is 44.7 Å². The molecule has 178 valence electrons. The fraction of sp³-hybridized carbons (Fsp3) is 0.520. The molecule has 33 heavy (non-hydrogen) atoms. The van der Waals surface area contributed by atoms with Crippen LogP contribution in [0.3, 0.4) is 0 Å². The van der Waals surface area contributed by atoms with Gasteiger partial charge in [0.05, 0.1) is 11.8 Å². The zero-order valence-electron chi connectivity index (χ0n) is 19.7. The van der Waals surface area contributed by atoms with Gasteiger partial charge in [-0.2, -0.15) is 0 Å². The number of rotatable bonds is 7. The van der Waals surface area contributed by atoms with Crippen molar-refractivity contribution >= 4 is 11.9 Å². The smallest absolute Gasteiger partial charge is 0.322 e. The molecule has 1 saturated carbocycles. The largest absolute Gasteiger partial charge is 0.504 e. The third-order valence-corrected chi connectivity index (χ3v) is 5.99. The highest BCUT2D eigenvalue weighted by Gasteiger charge is 2.25. The van der Waals surface area contributed by atoms with Gasteiger partial charge in [0, 0.05) is 6.42 Å². The third-order valence-electron chi connectivity index (χ3n) is 5.99. The molecule has 1 heterocycles. The predicted molar refractivity (Wildman–Crippen MR) is 124 cm³/mol. The van der Waals surface area contributed by atoms with Crippen molar-refractivity contribution in [2.45, 2.75) is 71.3 Å². The van der Waals surface area contributed by atoms with E-state index >= 15 is 0 Å². The minimum absolute atomic E-state index is 0.0721. The number of carbonyl (C=O) groups is 2. The van der Waals surface area contributed by atoms with Crippen molar-refractivity contribution in [1.29, 1.82) is 0 Å². The topological polar surface area (TPSA) is 122 Å². The molecule has 0 saturated heterocycles. The van der Waals surface area contributed by atoms with Crippen molar-refractivity contribution in [3.05, 3.63) is 47.0 Å². The van der Waals surface area contributed by atoms with Gasteiger partial charge in [0.25, 0.3) is 5.91 Å². The van der Waals surface area contributed by atoms with Gasteiger partial charge in [0.15, 0.2) is 11.4 Å². The van der Waals surface area contributed by atoms with Crippen LogP contribution in [0.1, 0.15) is 74.0 Å². The van der Waals surface area contributed by atoms with Crippen LogP contribution in [0.5, 0.6) is 11.5 Å². The van der Waals surface area contributed by atoms with E-state index < -0.39 is 18.4 Å². The summed E-state index contributed by atoms with van der Waals surface area (Å²) in [6.45, 7) is 7.62. The van der Waals surface area contributed by atoms with E-state index in [1.807, 2.05) is 12.1 Å². The van der Waals surface area contributed by atoms with Crippen LogP contribution in [-0.2, 0) is 16.6 Å². The molecule has 1 aliphatic rings. The summed E-state index contributed by atoms with van der Waals surface area (Å²) < 4.78 is 6.26. The molecule has 8 nitrogen and oxygen atoms in total. The number of hydrogen-bond donors (Lipinski definition) is 3. The number of aromatic nitrogens is 2. The summed E-state index contributed by atoms with van der Waals surface area (Å²) in [6.07, 6.45) is 4.50. The maximum absolute atomic E-state index is 12.2. The number of aliphatic carboxylic acids is 1. The van der Waals surface area contributed by atoms with E-state index in [-0.39, 0.29) is 23.0 Å². The van der Waals surface area contributed by atoms with Gasteiger partial charge in [-0.25, -0.2) is 9.97 Å². The van der Waals surface area contributed by atoms with Crippen molar-refractivity contribution in [2.24, 2.45) is 5.92 Å². The first kappa shape index (κ1) is 24.5. The van der Waals surface area contributed by atoms with Gasteiger partial charge in [-0.15, -0.1) is 0 Å². The average Bonchev–Trinajstić information content (AvgIpc) is 2.75. The van der Waals surface area contributed by atoms with E-state index in [0.29, 0.717) is 23.9 Å². The summed E-state index contributed by atoms with van der Waals surface area (Å²) in [7, 11) is 0. The van der Waals surface area contributed by atoms with E-state index in [1.165, 1.54) is 5.56 Å². The van der Waals surface area contributed by atoms with Crippen LogP contribution >= 0.6 is 0 Å². The lowest BCUT2D eigenvalue weighted by Gasteiger charge is -2.29. The van der Waals surface area contributed by atoms with E-state index in [9.17, 15) is 14.7 Å². The molecule has 1 fully saturated rings. The highest BCUT2D eigenvalue weighted by atomic mass is 16.5. The Morgan fingerprint density at radius 1 is 1.15 bits per heavy atom. The van der Waals surface area contributed by atoms with Gasteiger partial charge in [-0.3, -0.25) is 9.59 Å². The second-order valence-electron chi connectivity index (χ2n) is 9.74. The standard InChI is InChI=1S/C25H33N3O5/c1-15-23(31)22(24(32)26-14-21(29)30)28-20(27-15)12-16-8-10-18(11-9-16)33-19-7-5-6-17(13-19)25(2,3)4/h5-7,13,16,18,31H,8-12,14H2,1-4H3,(H,26,32)(H,29,30). The van der Waals surface area contributed by atoms with Gasteiger partial charge < -0.3 is 20.3 Å². The summed E-state index contributed by atoms with van der Waals surface area (Å²) >= 11 is 0. The maximum Gasteiger partial charge on any atom is 0.322 e. The Morgan fingerprint density at radius 3 is 2.48 bits per heavy atom. The molecule has 3 N–H and O–H groups in total. The molecule has 0 bridgehead atoms. The third kappa shape index (κ3) is 6.66. The van der Waals surface area contributed by atoms with Gasteiger partial charge >= 0.3 is 5.97 Å². The lowest BCUT2D eigenvalue weighted by molar-refractivity contribution is -0.135. The number of nitrogens with one attached hydrogen (secondary N) is 1. The lowest BCUT2D eigenvalue weighted by Crippen LogP contribution is -2.30. The fourth-order valence-corrected chi connectivity index (χ4v) is 4.05. The number of nitrogens with zero attached hydrogens (tertiary/aromatic N) is 2. The van der Waals surface area contributed by atoms with Crippen LogP contribution in [0.2, 0.25) is 0 Å². The zero-order valence-corrected chi connectivity index (χ0v) is 19.7. The van der Waals surface area contributed by atoms with Gasteiger partial charge in [-0.1, -0.05) is 32.9 Å². The molecule has 1 aromatic carbocycles. The number of benzene rings is 1. The molecular formula is C25H33N3O5. The Labute approximate surface area is 194 Å². The SMILES string of the molecule is Cc1nc(CC2CCC(Oc3cccc(C(C)(C)C)c3)CC2)nc(C(=O)NCC(=O)O)c1O. The lowest BCUT2D eigenvalue weighted by atomic mass is 9.85. The highest BCUT2D eigenvalue weighted by molar-refractivity contribution is 5.96. The minimum Gasteiger partial charge on any atom is -0.504 e. The van der Waals surface area contributed by atoms with Crippen molar-refractivity contribution < 1.29 is 24.5 Å². The monoisotopic (exact) mass is 455 g/mol. The second-order valence-corrected chi connectivity index (χ2v) is 9.74. The molecule has 2 aromatic rings. The number of carboxylic acids is 1. The van der Waals surface area contributed by atoms with Gasteiger partial charge in [0.2, 0.25) is 0 Å². The Morgan fingerprint density at radius 2 is 1.85 bits per heavy atom. The quantitative estimate of drug-likeness (QED) is 0.581. The Bertz CT molecular complexity index is 1010. The highest BCUT2D eigenvalue weighted by Crippen LogP contribution is 2.32. The van der Waals surface area contributed by atoms with Crippen molar-refractivity contribution in [2.75, 3.05) is 6.54 Å². The van der Waals surface area contributed by atoms with E-state index in [1.54, 1.807) is 6.92 Å². The van der Waals surface area contributed by atoms with Crippen molar-refractivity contribution in [1.82, 2.24) is 15.3 Å². The Hall–Kier alpha value is -3.16. The molecule has 0 unspecified atom stereocenters. The fourth-order valence-electron chi connectivity index (χ4n) is 4.05. The number of ether oxygens (including phenoxy) is 1. The maximum atomic E-state index is 12.2. The van der Waals surface area contributed by atoms with Crippen molar-refractivity contribution in [3.8, 4) is 11.5 Å². The summed E-state index contributed by atoms with van der Waals surface area (Å²) in [5.74, 6) is -0.483. The number of carbonyl (C=O) groups excluding carboxylic acids is 1. The molecule has 0 radical (unpaired) electrons. The molecule has 1 aromatic heterocycles. The van der Waals surface area contributed by atoms with Crippen LogP contribution < -0.4 is 10.1 Å². The summed E-state index contributed by atoms with van der Waals surface area (Å²) in [4.78, 5) is 31.5. The number of aryl methyl sites for hydroxylation is 1. The zero-order chi connectivity index (χ0) is 24.2. The first-order valence-corrected chi connectivity index (χ1v) is 11.4. The molecule has 0 atom stereocenters. The van der Waals surface area contributed by atoms with Crippen LogP contribution in [0.15, 0.2) is 24.3 Å².